The molecule has 0 spiro atoms. The molecular weight excluding hydrogens is 288 g/mol. The summed E-state index contributed by atoms with van der Waals surface area (Å²) in [6.07, 6.45) is 2.57. The number of rotatable bonds is 4. The predicted molar refractivity (Wildman–Crippen MR) is 88.4 cm³/mol. The highest BCUT2D eigenvalue weighted by molar-refractivity contribution is 8.00. The van der Waals surface area contributed by atoms with Crippen LogP contribution in [0.25, 0.3) is 11.0 Å². The van der Waals surface area contributed by atoms with Crippen molar-refractivity contribution in [2.75, 3.05) is 12.4 Å². The molecule has 2 aromatic rings. The van der Waals surface area contributed by atoms with Crippen molar-refractivity contribution in [1.82, 2.24) is 9.55 Å². The van der Waals surface area contributed by atoms with Crippen LogP contribution in [0.3, 0.4) is 0 Å². The van der Waals surface area contributed by atoms with Crippen LogP contribution in [0.2, 0.25) is 0 Å². The number of hydrogen-bond acceptors (Lipinski definition) is 3. The maximum absolute atomic E-state index is 5.69. The van der Waals surface area contributed by atoms with Gasteiger partial charge in [-0.05, 0) is 56.8 Å². The van der Waals surface area contributed by atoms with Gasteiger partial charge in [-0.25, -0.2) is 0 Å². The monoisotopic (exact) mass is 308 g/mol. The van der Waals surface area contributed by atoms with E-state index < -0.39 is 0 Å². The average molecular weight is 308 g/mol. The Balaban J connectivity index is 2.05. The van der Waals surface area contributed by atoms with E-state index in [4.69, 9.17) is 17.0 Å². The highest BCUT2D eigenvalue weighted by Gasteiger charge is 2.30. The highest BCUT2D eigenvalue weighted by atomic mass is 32.2. The first kappa shape index (κ1) is 14.0. The van der Waals surface area contributed by atoms with Crippen molar-refractivity contribution >= 4 is 35.0 Å². The normalized spacial score (nSPS) is 22.5. The van der Waals surface area contributed by atoms with Crippen LogP contribution >= 0.6 is 24.0 Å². The van der Waals surface area contributed by atoms with Gasteiger partial charge < -0.3 is 14.3 Å². The molecule has 5 heteroatoms. The molecule has 1 aliphatic rings. The molecule has 0 aliphatic carbocycles. The zero-order chi connectivity index (χ0) is 14.2. The van der Waals surface area contributed by atoms with Gasteiger partial charge in [0.05, 0.1) is 12.1 Å². The van der Waals surface area contributed by atoms with Gasteiger partial charge in [-0.15, -0.1) is 0 Å². The van der Waals surface area contributed by atoms with E-state index in [1.165, 1.54) is 18.6 Å². The molecule has 1 unspecified atom stereocenters. The minimum Gasteiger partial charge on any atom is -0.492 e. The molecule has 1 aromatic carbocycles. The second-order valence-corrected chi connectivity index (χ2v) is 7.57. The SMILES string of the molecule is CCOc1cccc2c1[nH]c(=S)n2CC1(C)CCCS1. The number of aromatic amines is 1. The molecule has 2 heterocycles. The fourth-order valence-electron chi connectivity index (χ4n) is 2.88. The van der Waals surface area contributed by atoms with Crippen LogP contribution < -0.4 is 4.74 Å². The molecule has 108 valence electrons. The lowest BCUT2D eigenvalue weighted by atomic mass is 10.1. The summed E-state index contributed by atoms with van der Waals surface area (Å²) in [5, 5.41) is 0. The van der Waals surface area contributed by atoms with Gasteiger partial charge in [0.2, 0.25) is 0 Å². The molecule has 20 heavy (non-hydrogen) atoms. The fraction of sp³-hybridized carbons (Fsp3) is 0.533. The first-order valence-corrected chi connectivity index (χ1v) is 8.51. The molecule has 0 saturated carbocycles. The van der Waals surface area contributed by atoms with Gasteiger partial charge in [-0.1, -0.05) is 6.07 Å². The van der Waals surface area contributed by atoms with Gasteiger partial charge in [0.1, 0.15) is 11.3 Å². The lowest BCUT2D eigenvalue weighted by Crippen LogP contribution is -2.23. The zero-order valence-corrected chi connectivity index (χ0v) is 13.6. The Morgan fingerprint density at radius 3 is 3.05 bits per heavy atom. The largest absolute Gasteiger partial charge is 0.492 e. The fourth-order valence-corrected chi connectivity index (χ4v) is 4.44. The number of nitrogens with zero attached hydrogens (tertiary/aromatic N) is 1. The quantitative estimate of drug-likeness (QED) is 0.850. The molecule has 0 radical (unpaired) electrons. The summed E-state index contributed by atoms with van der Waals surface area (Å²) in [5.41, 5.74) is 2.17. The minimum atomic E-state index is 0.301. The Morgan fingerprint density at radius 1 is 1.50 bits per heavy atom. The van der Waals surface area contributed by atoms with Crippen LogP contribution in [0.5, 0.6) is 5.75 Å². The van der Waals surface area contributed by atoms with Crippen LogP contribution in [-0.2, 0) is 6.54 Å². The average Bonchev–Trinajstić information content (AvgIpc) is 2.97. The summed E-state index contributed by atoms with van der Waals surface area (Å²) in [5.74, 6) is 2.15. The van der Waals surface area contributed by atoms with E-state index >= 15 is 0 Å². The summed E-state index contributed by atoms with van der Waals surface area (Å²) in [6.45, 7) is 5.98. The van der Waals surface area contributed by atoms with Crippen LogP contribution in [0.4, 0.5) is 0 Å². The molecule has 3 rings (SSSR count). The van der Waals surface area contributed by atoms with E-state index in [9.17, 15) is 0 Å². The standard InChI is InChI=1S/C15H20N2OS2/c1-3-18-12-7-4-6-11-13(12)16-14(19)17(11)10-15(2)8-5-9-20-15/h4,6-7H,3,5,8-10H2,1-2H3,(H,16,19). The number of para-hydroxylation sites is 1. The number of nitrogens with one attached hydrogen (secondary N) is 1. The molecule has 3 nitrogen and oxygen atoms in total. The minimum absolute atomic E-state index is 0.301. The number of benzene rings is 1. The first-order valence-electron chi connectivity index (χ1n) is 7.11. The van der Waals surface area contributed by atoms with Crippen LogP contribution in [-0.4, -0.2) is 26.7 Å². The van der Waals surface area contributed by atoms with E-state index in [2.05, 4.69) is 34.3 Å². The van der Waals surface area contributed by atoms with E-state index in [1.54, 1.807) is 0 Å². The van der Waals surface area contributed by atoms with Crippen molar-refractivity contribution in [2.45, 2.75) is 38.0 Å². The summed E-state index contributed by atoms with van der Waals surface area (Å²) < 4.78 is 9.01. The maximum Gasteiger partial charge on any atom is 0.178 e. The van der Waals surface area contributed by atoms with Crippen molar-refractivity contribution in [3.63, 3.8) is 0 Å². The van der Waals surface area contributed by atoms with Crippen molar-refractivity contribution in [1.29, 1.82) is 0 Å². The van der Waals surface area contributed by atoms with Gasteiger partial charge in [0.25, 0.3) is 0 Å². The number of ether oxygens (including phenoxy) is 1. The summed E-state index contributed by atoms with van der Waals surface area (Å²) in [4.78, 5) is 3.32. The second kappa shape index (κ2) is 5.45. The van der Waals surface area contributed by atoms with Crippen molar-refractivity contribution in [2.24, 2.45) is 0 Å². The molecule has 1 N–H and O–H groups in total. The smallest absolute Gasteiger partial charge is 0.178 e. The summed E-state index contributed by atoms with van der Waals surface area (Å²) in [6, 6.07) is 6.15. The Hall–Kier alpha value is -0.940. The summed E-state index contributed by atoms with van der Waals surface area (Å²) in [7, 11) is 0. The number of fused-ring (bicyclic) bond motifs is 1. The Labute approximate surface area is 128 Å². The number of aromatic nitrogens is 2. The van der Waals surface area contributed by atoms with Crippen LogP contribution in [0.1, 0.15) is 26.7 Å². The molecule has 1 atom stereocenters. The zero-order valence-electron chi connectivity index (χ0n) is 11.9. The molecule has 1 saturated heterocycles. The van der Waals surface area contributed by atoms with Crippen molar-refractivity contribution in [3.8, 4) is 5.75 Å². The molecule has 1 aromatic heterocycles. The van der Waals surface area contributed by atoms with E-state index in [0.717, 1.165) is 28.1 Å². The van der Waals surface area contributed by atoms with Gasteiger partial charge in [0, 0.05) is 11.3 Å². The third-order valence-corrected chi connectivity index (χ3v) is 5.71. The molecule has 1 fully saturated rings. The molecular formula is C15H20N2OS2. The second-order valence-electron chi connectivity index (χ2n) is 5.50. The van der Waals surface area contributed by atoms with Crippen LogP contribution in [0, 0.1) is 4.77 Å². The number of hydrogen-bond donors (Lipinski definition) is 1. The third-order valence-electron chi connectivity index (χ3n) is 3.87. The van der Waals surface area contributed by atoms with Gasteiger partial charge in [-0.3, -0.25) is 0 Å². The lowest BCUT2D eigenvalue weighted by Gasteiger charge is -2.23. The molecule has 1 aliphatic heterocycles. The number of imidazole rings is 1. The van der Waals surface area contributed by atoms with Gasteiger partial charge >= 0.3 is 0 Å². The summed E-state index contributed by atoms with van der Waals surface area (Å²) >= 11 is 7.59. The Bertz CT molecular complexity index is 668. The highest BCUT2D eigenvalue weighted by Crippen LogP contribution is 2.40. The number of thioether (sulfide) groups is 1. The third kappa shape index (κ3) is 2.49. The topological polar surface area (TPSA) is 29.9 Å². The predicted octanol–water partition coefficient (Wildman–Crippen LogP) is 4.38. The number of H-pyrrole nitrogens is 1. The van der Waals surface area contributed by atoms with Crippen molar-refractivity contribution < 1.29 is 4.74 Å². The Kier molecular flexibility index (Phi) is 3.82. The van der Waals surface area contributed by atoms with E-state index in [0.29, 0.717) is 11.4 Å². The molecule has 0 bridgehead atoms. The first-order chi connectivity index (χ1) is 9.63. The Morgan fingerprint density at radius 2 is 2.35 bits per heavy atom. The van der Waals surface area contributed by atoms with Gasteiger partial charge in [0.15, 0.2) is 4.77 Å². The van der Waals surface area contributed by atoms with Crippen molar-refractivity contribution in [3.05, 3.63) is 23.0 Å². The lowest BCUT2D eigenvalue weighted by molar-refractivity contribution is 0.343. The van der Waals surface area contributed by atoms with E-state index in [-0.39, 0.29) is 0 Å². The van der Waals surface area contributed by atoms with Gasteiger partial charge in [-0.2, -0.15) is 11.8 Å². The van der Waals surface area contributed by atoms with E-state index in [1.807, 2.05) is 19.1 Å². The maximum atomic E-state index is 5.69. The molecule has 0 amide bonds. The van der Waals surface area contributed by atoms with Crippen LogP contribution in [0.15, 0.2) is 18.2 Å².